The largest absolute Gasteiger partial charge is 0.388 e. The number of rotatable bonds is 14. The molecule has 0 saturated carbocycles. The van der Waals surface area contributed by atoms with Crippen LogP contribution in [0, 0.1) is 0 Å². The van der Waals surface area contributed by atoms with Gasteiger partial charge >= 0.3 is 0 Å². The normalized spacial score (nSPS) is 13.8. The standard InChI is InChI=1S/C21H37FN2O3S/c1-4-24(15-7-5-6-14-21(2,3)22)16-8-9-20(25)19-12-10-18(11-13-19)17-28(23,26)27/h10-13,20,25H,4-9,14-17H2,1-3H3,(H2,23,26,27). The van der Waals surface area contributed by atoms with Crippen LogP contribution < -0.4 is 5.14 Å². The number of hydrogen-bond donors (Lipinski definition) is 2. The quantitative estimate of drug-likeness (QED) is 0.450. The summed E-state index contributed by atoms with van der Waals surface area (Å²) in [5, 5.41) is 15.4. The highest BCUT2D eigenvalue weighted by molar-refractivity contribution is 7.88. The molecule has 1 aromatic rings. The van der Waals surface area contributed by atoms with Gasteiger partial charge in [-0.15, -0.1) is 0 Å². The lowest BCUT2D eigenvalue weighted by atomic mass is 10.0. The molecule has 3 N–H and O–H groups in total. The number of hydrogen-bond acceptors (Lipinski definition) is 4. The fourth-order valence-electron chi connectivity index (χ4n) is 3.23. The minimum absolute atomic E-state index is 0.197. The van der Waals surface area contributed by atoms with Gasteiger partial charge in [-0.1, -0.05) is 44.0 Å². The van der Waals surface area contributed by atoms with Gasteiger partial charge in [-0.3, -0.25) is 0 Å². The van der Waals surface area contributed by atoms with E-state index >= 15 is 0 Å². The molecule has 0 fully saturated rings. The summed E-state index contributed by atoms with van der Waals surface area (Å²) in [5.41, 5.74) is 0.332. The Bertz CT molecular complexity index is 657. The molecular formula is C21H37FN2O3S. The van der Waals surface area contributed by atoms with Crippen molar-refractivity contribution in [2.45, 2.75) is 76.8 Å². The molecule has 0 radical (unpaired) electrons. The highest BCUT2D eigenvalue weighted by Crippen LogP contribution is 2.20. The van der Waals surface area contributed by atoms with Gasteiger partial charge in [0.15, 0.2) is 0 Å². The van der Waals surface area contributed by atoms with E-state index in [-0.39, 0.29) is 5.75 Å². The SMILES string of the molecule is CCN(CCCCCC(C)(C)F)CCCC(O)c1ccc(CS(N)(=O)=O)cc1. The number of benzene rings is 1. The average molecular weight is 417 g/mol. The first-order valence-corrected chi connectivity index (χ1v) is 11.9. The van der Waals surface area contributed by atoms with Gasteiger partial charge in [-0.05, 0) is 70.3 Å². The molecule has 0 saturated heterocycles. The Morgan fingerprint density at radius 2 is 1.71 bits per heavy atom. The summed E-state index contributed by atoms with van der Waals surface area (Å²) in [7, 11) is -3.54. The van der Waals surface area contributed by atoms with Crippen molar-refractivity contribution < 1.29 is 17.9 Å². The Morgan fingerprint density at radius 3 is 2.25 bits per heavy atom. The predicted molar refractivity (Wildman–Crippen MR) is 113 cm³/mol. The number of nitrogens with two attached hydrogens (primary N) is 1. The molecule has 0 heterocycles. The molecule has 0 aliphatic rings. The molecule has 1 atom stereocenters. The first-order valence-electron chi connectivity index (χ1n) is 10.2. The van der Waals surface area contributed by atoms with Crippen LogP contribution >= 0.6 is 0 Å². The van der Waals surface area contributed by atoms with Gasteiger partial charge < -0.3 is 10.0 Å². The van der Waals surface area contributed by atoms with E-state index in [1.165, 1.54) is 0 Å². The van der Waals surface area contributed by atoms with E-state index in [2.05, 4.69) is 11.8 Å². The van der Waals surface area contributed by atoms with Crippen molar-refractivity contribution in [2.24, 2.45) is 5.14 Å². The first-order chi connectivity index (χ1) is 13.0. The molecule has 0 amide bonds. The van der Waals surface area contributed by atoms with E-state index in [9.17, 15) is 17.9 Å². The lowest BCUT2D eigenvalue weighted by Crippen LogP contribution is -2.26. The molecule has 28 heavy (non-hydrogen) atoms. The second kappa shape index (κ2) is 11.9. The van der Waals surface area contributed by atoms with Gasteiger partial charge in [0.05, 0.1) is 11.9 Å². The van der Waals surface area contributed by atoms with Gasteiger partial charge in [-0.25, -0.2) is 17.9 Å². The minimum Gasteiger partial charge on any atom is -0.388 e. The smallest absolute Gasteiger partial charge is 0.213 e. The third kappa shape index (κ3) is 11.7. The number of halogens is 1. The van der Waals surface area contributed by atoms with E-state index in [1.807, 2.05) is 0 Å². The predicted octanol–water partition coefficient (Wildman–Crippen LogP) is 3.92. The van der Waals surface area contributed by atoms with Gasteiger partial charge in [-0.2, -0.15) is 0 Å². The zero-order valence-corrected chi connectivity index (χ0v) is 18.3. The summed E-state index contributed by atoms with van der Waals surface area (Å²) in [6.07, 6.45) is 4.61. The van der Waals surface area contributed by atoms with Crippen molar-refractivity contribution >= 4 is 10.0 Å². The molecule has 0 aliphatic heterocycles. The van der Waals surface area contributed by atoms with Crippen LogP contribution in [0.5, 0.6) is 0 Å². The van der Waals surface area contributed by atoms with Crippen molar-refractivity contribution in [3.05, 3.63) is 35.4 Å². The van der Waals surface area contributed by atoms with Crippen LogP contribution in [-0.4, -0.2) is 43.7 Å². The van der Waals surface area contributed by atoms with Gasteiger partial charge in [0.2, 0.25) is 10.0 Å². The zero-order valence-electron chi connectivity index (χ0n) is 17.5. The second-order valence-corrected chi connectivity index (χ2v) is 9.78. The lowest BCUT2D eigenvalue weighted by Gasteiger charge is -2.21. The Morgan fingerprint density at radius 1 is 1.11 bits per heavy atom. The fraction of sp³-hybridized carbons (Fsp3) is 0.714. The van der Waals surface area contributed by atoms with Crippen molar-refractivity contribution in [1.82, 2.24) is 4.90 Å². The number of aliphatic hydroxyl groups excluding tert-OH is 1. The van der Waals surface area contributed by atoms with Crippen LogP contribution in [0.25, 0.3) is 0 Å². The summed E-state index contributed by atoms with van der Waals surface area (Å²) in [6.45, 7) is 8.28. The van der Waals surface area contributed by atoms with Crippen LogP contribution in [0.3, 0.4) is 0 Å². The van der Waals surface area contributed by atoms with E-state index in [0.717, 1.165) is 50.9 Å². The maximum absolute atomic E-state index is 13.5. The molecule has 162 valence electrons. The van der Waals surface area contributed by atoms with Gasteiger partial charge in [0.1, 0.15) is 5.67 Å². The molecule has 1 aromatic carbocycles. The molecule has 0 aliphatic carbocycles. The Hall–Kier alpha value is -1.02. The molecule has 5 nitrogen and oxygen atoms in total. The Labute approximate surface area is 170 Å². The number of unbranched alkanes of at least 4 members (excludes halogenated alkanes) is 2. The van der Waals surface area contributed by atoms with Crippen LogP contribution in [0.4, 0.5) is 4.39 Å². The summed E-state index contributed by atoms with van der Waals surface area (Å²) >= 11 is 0. The Balaban J connectivity index is 2.30. The van der Waals surface area contributed by atoms with Crippen molar-refractivity contribution in [3.8, 4) is 0 Å². The number of primary sulfonamides is 1. The second-order valence-electron chi connectivity index (χ2n) is 8.17. The number of sulfonamides is 1. The molecule has 1 unspecified atom stereocenters. The summed E-state index contributed by atoms with van der Waals surface area (Å²) in [6, 6.07) is 6.91. The fourth-order valence-corrected chi connectivity index (χ4v) is 3.89. The molecule has 7 heteroatoms. The molecule has 1 rings (SSSR count). The van der Waals surface area contributed by atoms with E-state index in [4.69, 9.17) is 5.14 Å². The van der Waals surface area contributed by atoms with E-state index < -0.39 is 21.8 Å². The lowest BCUT2D eigenvalue weighted by molar-refractivity contribution is 0.155. The van der Waals surface area contributed by atoms with Gasteiger partial charge in [0, 0.05) is 0 Å². The van der Waals surface area contributed by atoms with Crippen molar-refractivity contribution in [1.29, 1.82) is 0 Å². The number of alkyl halides is 1. The van der Waals surface area contributed by atoms with Crippen molar-refractivity contribution in [3.63, 3.8) is 0 Å². The number of aliphatic hydroxyl groups is 1. The Kier molecular flexibility index (Phi) is 10.6. The highest BCUT2D eigenvalue weighted by atomic mass is 32.2. The maximum atomic E-state index is 13.5. The van der Waals surface area contributed by atoms with Crippen LogP contribution in [0.2, 0.25) is 0 Å². The monoisotopic (exact) mass is 416 g/mol. The number of nitrogens with zero attached hydrogens (tertiary/aromatic N) is 1. The maximum Gasteiger partial charge on any atom is 0.213 e. The first kappa shape index (κ1) is 25.0. The zero-order chi connectivity index (χ0) is 21.2. The molecule has 0 aromatic heterocycles. The molecule has 0 bridgehead atoms. The average Bonchev–Trinajstić information content (AvgIpc) is 2.58. The van der Waals surface area contributed by atoms with Gasteiger partial charge in [0.25, 0.3) is 0 Å². The van der Waals surface area contributed by atoms with E-state index in [1.54, 1.807) is 38.1 Å². The third-order valence-electron chi connectivity index (χ3n) is 4.88. The topological polar surface area (TPSA) is 83.6 Å². The third-order valence-corrected chi connectivity index (χ3v) is 5.61. The van der Waals surface area contributed by atoms with Crippen LogP contribution in [-0.2, 0) is 15.8 Å². The summed E-state index contributed by atoms with van der Waals surface area (Å²) < 4.78 is 35.7. The molecular weight excluding hydrogens is 379 g/mol. The summed E-state index contributed by atoms with van der Waals surface area (Å²) in [5.74, 6) is -0.197. The van der Waals surface area contributed by atoms with Crippen LogP contribution in [0.15, 0.2) is 24.3 Å². The minimum atomic E-state index is -3.54. The van der Waals surface area contributed by atoms with Crippen molar-refractivity contribution in [2.75, 3.05) is 19.6 Å². The highest BCUT2D eigenvalue weighted by Gasteiger charge is 2.14. The van der Waals surface area contributed by atoms with Crippen LogP contribution in [0.1, 0.15) is 76.5 Å². The van der Waals surface area contributed by atoms with E-state index in [0.29, 0.717) is 18.4 Å². The summed E-state index contributed by atoms with van der Waals surface area (Å²) in [4.78, 5) is 2.36. The molecule has 0 spiro atoms.